The van der Waals surface area contributed by atoms with Crippen LogP contribution >= 0.6 is 0 Å². The molecular weight excluding hydrogens is 134 g/mol. The number of rotatable bonds is 0. The zero-order valence-electron chi connectivity index (χ0n) is 7.55. The summed E-state index contributed by atoms with van der Waals surface area (Å²) in [6, 6.07) is 0.956. The Bertz CT molecular complexity index is 131. The summed E-state index contributed by atoms with van der Waals surface area (Å²) < 4.78 is 0. The average Bonchev–Trinajstić information content (AvgIpc) is 2.06. The van der Waals surface area contributed by atoms with E-state index >= 15 is 0 Å². The third-order valence-electron chi connectivity index (χ3n) is 3.52. The SMILES string of the molecule is CN1CCCC2CCCC[C@@H]21. The van der Waals surface area contributed by atoms with Gasteiger partial charge in [-0.15, -0.1) is 0 Å². The van der Waals surface area contributed by atoms with E-state index in [1.807, 2.05) is 0 Å². The molecule has 1 saturated carbocycles. The minimum Gasteiger partial charge on any atom is -0.303 e. The molecule has 1 saturated heterocycles. The molecule has 1 heterocycles. The van der Waals surface area contributed by atoms with Crippen LogP contribution in [0.25, 0.3) is 0 Å². The van der Waals surface area contributed by atoms with Gasteiger partial charge in [0.15, 0.2) is 0 Å². The standard InChI is InChI=1S/C10H19N/c1-11-8-4-6-9-5-2-3-7-10(9)11/h9-10H,2-8H2,1H3/t9?,10-/m0/s1. The summed E-state index contributed by atoms with van der Waals surface area (Å²) in [6.45, 7) is 1.35. The minimum absolute atomic E-state index is 0.956. The summed E-state index contributed by atoms with van der Waals surface area (Å²) in [5.41, 5.74) is 0. The summed E-state index contributed by atoms with van der Waals surface area (Å²) in [5.74, 6) is 1.06. The zero-order valence-corrected chi connectivity index (χ0v) is 7.55. The van der Waals surface area contributed by atoms with E-state index in [-0.39, 0.29) is 0 Å². The van der Waals surface area contributed by atoms with Gasteiger partial charge in [0.2, 0.25) is 0 Å². The molecule has 1 aliphatic heterocycles. The molecule has 0 bridgehead atoms. The number of hydrogen-bond acceptors (Lipinski definition) is 1. The van der Waals surface area contributed by atoms with Gasteiger partial charge in [-0.3, -0.25) is 0 Å². The lowest BCUT2D eigenvalue weighted by Crippen LogP contribution is -2.44. The van der Waals surface area contributed by atoms with E-state index in [4.69, 9.17) is 0 Å². The molecular formula is C10H19N. The van der Waals surface area contributed by atoms with Crippen molar-refractivity contribution >= 4 is 0 Å². The Labute approximate surface area is 69.8 Å². The number of piperidine rings is 1. The molecule has 2 aliphatic rings. The van der Waals surface area contributed by atoms with E-state index in [0.29, 0.717) is 0 Å². The van der Waals surface area contributed by atoms with Gasteiger partial charge in [0.25, 0.3) is 0 Å². The predicted octanol–water partition coefficient (Wildman–Crippen LogP) is 2.27. The van der Waals surface area contributed by atoms with Gasteiger partial charge < -0.3 is 4.90 Å². The van der Waals surface area contributed by atoms with E-state index < -0.39 is 0 Å². The monoisotopic (exact) mass is 153 g/mol. The van der Waals surface area contributed by atoms with E-state index in [1.165, 1.54) is 45.1 Å². The fraction of sp³-hybridized carbons (Fsp3) is 1.00. The second kappa shape index (κ2) is 3.14. The molecule has 1 nitrogen and oxygen atoms in total. The third kappa shape index (κ3) is 1.44. The molecule has 1 heteroatoms. The second-order valence-corrected chi connectivity index (χ2v) is 4.23. The number of hydrogen-bond donors (Lipinski definition) is 0. The molecule has 1 aliphatic carbocycles. The predicted molar refractivity (Wildman–Crippen MR) is 47.6 cm³/mol. The molecule has 11 heavy (non-hydrogen) atoms. The summed E-state index contributed by atoms with van der Waals surface area (Å²) in [4.78, 5) is 2.59. The Morgan fingerprint density at radius 2 is 1.73 bits per heavy atom. The summed E-state index contributed by atoms with van der Waals surface area (Å²) in [7, 11) is 2.31. The van der Waals surface area contributed by atoms with E-state index in [2.05, 4.69) is 11.9 Å². The van der Waals surface area contributed by atoms with Crippen molar-refractivity contribution in [3.05, 3.63) is 0 Å². The molecule has 0 N–H and O–H groups in total. The fourth-order valence-corrected chi connectivity index (χ4v) is 2.87. The van der Waals surface area contributed by atoms with Crippen molar-refractivity contribution in [3.8, 4) is 0 Å². The van der Waals surface area contributed by atoms with Gasteiger partial charge in [0, 0.05) is 6.04 Å². The van der Waals surface area contributed by atoms with Crippen LogP contribution in [0.4, 0.5) is 0 Å². The van der Waals surface area contributed by atoms with E-state index in [9.17, 15) is 0 Å². The largest absolute Gasteiger partial charge is 0.303 e. The molecule has 2 atom stereocenters. The van der Waals surface area contributed by atoms with Crippen LogP contribution in [0.3, 0.4) is 0 Å². The lowest BCUT2D eigenvalue weighted by atomic mass is 9.79. The molecule has 0 aromatic heterocycles. The second-order valence-electron chi connectivity index (χ2n) is 4.23. The lowest BCUT2D eigenvalue weighted by Gasteiger charge is -2.42. The van der Waals surface area contributed by atoms with Crippen molar-refractivity contribution < 1.29 is 0 Å². The van der Waals surface area contributed by atoms with Crippen LogP contribution in [0, 0.1) is 5.92 Å². The summed E-state index contributed by atoms with van der Waals surface area (Å²) >= 11 is 0. The van der Waals surface area contributed by atoms with Crippen molar-refractivity contribution in [2.75, 3.05) is 13.6 Å². The Morgan fingerprint density at radius 1 is 1.00 bits per heavy atom. The van der Waals surface area contributed by atoms with Gasteiger partial charge in [0.05, 0.1) is 0 Å². The van der Waals surface area contributed by atoms with Crippen molar-refractivity contribution in [3.63, 3.8) is 0 Å². The van der Waals surface area contributed by atoms with Crippen LogP contribution in [-0.2, 0) is 0 Å². The van der Waals surface area contributed by atoms with Crippen LogP contribution in [0.2, 0.25) is 0 Å². The Balaban J connectivity index is 1.99. The van der Waals surface area contributed by atoms with Gasteiger partial charge in [-0.25, -0.2) is 0 Å². The topological polar surface area (TPSA) is 3.24 Å². The highest BCUT2D eigenvalue weighted by atomic mass is 15.1. The lowest BCUT2D eigenvalue weighted by molar-refractivity contribution is 0.0841. The first kappa shape index (κ1) is 7.60. The average molecular weight is 153 g/mol. The highest BCUT2D eigenvalue weighted by molar-refractivity contribution is 4.85. The van der Waals surface area contributed by atoms with Crippen molar-refractivity contribution in [2.24, 2.45) is 5.92 Å². The highest BCUT2D eigenvalue weighted by Crippen LogP contribution is 2.34. The van der Waals surface area contributed by atoms with Crippen molar-refractivity contribution in [1.82, 2.24) is 4.90 Å². The normalized spacial score (nSPS) is 40.1. The molecule has 2 fully saturated rings. The van der Waals surface area contributed by atoms with Crippen LogP contribution in [0.5, 0.6) is 0 Å². The summed E-state index contributed by atoms with van der Waals surface area (Å²) in [6.07, 6.45) is 8.91. The number of nitrogens with zero attached hydrogens (tertiary/aromatic N) is 1. The van der Waals surface area contributed by atoms with Crippen molar-refractivity contribution in [2.45, 2.75) is 44.6 Å². The third-order valence-corrected chi connectivity index (χ3v) is 3.52. The molecule has 0 aromatic carbocycles. The number of likely N-dealkylation sites (tertiary alicyclic amines) is 1. The molecule has 0 radical (unpaired) electrons. The van der Waals surface area contributed by atoms with Crippen LogP contribution < -0.4 is 0 Å². The van der Waals surface area contributed by atoms with Crippen molar-refractivity contribution in [1.29, 1.82) is 0 Å². The minimum atomic E-state index is 0.956. The van der Waals surface area contributed by atoms with Crippen LogP contribution in [0.15, 0.2) is 0 Å². The zero-order chi connectivity index (χ0) is 7.68. The first-order valence-corrected chi connectivity index (χ1v) is 5.08. The molecule has 0 spiro atoms. The van der Waals surface area contributed by atoms with Gasteiger partial charge in [-0.1, -0.05) is 12.8 Å². The smallest absolute Gasteiger partial charge is 0.0120 e. The van der Waals surface area contributed by atoms with Crippen LogP contribution in [-0.4, -0.2) is 24.5 Å². The highest BCUT2D eigenvalue weighted by Gasteiger charge is 2.30. The first-order valence-electron chi connectivity index (χ1n) is 5.08. The Morgan fingerprint density at radius 3 is 2.55 bits per heavy atom. The van der Waals surface area contributed by atoms with E-state index in [1.54, 1.807) is 0 Å². The molecule has 2 rings (SSSR count). The van der Waals surface area contributed by atoms with Gasteiger partial charge in [-0.05, 0) is 45.2 Å². The quantitative estimate of drug-likeness (QED) is 0.516. The maximum absolute atomic E-state index is 2.59. The fourth-order valence-electron chi connectivity index (χ4n) is 2.87. The number of fused-ring (bicyclic) bond motifs is 1. The Kier molecular flexibility index (Phi) is 2.17. The van der Waals surface area contributed by atoms with Gasteiger partial charge >= 0.3 is 0 Å². The Hall–Kier alpha value is -0.0400. The maximum Gasteiger partial charge on any atom is 0.0120 e. The van der Waals surface area contributed by atoms with Crippen LogP contribution in [0.1, 0.15) is 38.5 Å². The molecule has 0 aromatic rings. The van der Waals surface area contributed by atoms with E-state index in [0.717, 1.165) is 12.0 Å². The first-order chi connectivity index (χ1) is 5.38. The van der Waals surface area contributed by atoms with Gasteiger partial charge in [0.1, 0.15) is 0 Å². The summed E-state index contributed by atoms with van der Waals surface area (Å²) in [5, 5.41) is 0. The molecule has 64 valence electrons. The molecule has 0 amide bonds. The molecule has 1 unspecified atom stereocenters. The van der Waals surface area contributed by atoms with Gasteiger partial charge in [-0.2, -0.15) is 0 Å². The maximum atomic E-state index is 2.59.